The molecule has 1 atom stereocenters. The Labute approximate surface area is 313 Å². The molecule has 0 fully saturated rings. The molecule has 0 amide bonds. The molecule has 0 saturated heterocycles. The predicted octanol–water partition coefficient (Wildman–Crippen LogP) is 14.9. The molecule has 322 valence electrons. The molecule has 0 aromatic rings. The average molecular weight is 831 g/mol. The predicted molar refractivity (Wildman–Crippen MR) is 197 cm³/mol. The van der Waals surface area contributed by atoms with Crippen molar-refractivity contribution in [1.29, 1.82) is 0 Å². The molecule has 0 rings (SSSR count). The van der Waals surface area contributed by atoms with E-state index in [2.05, 4.69) is 11.7 Å². The van der Waals surface area contributed by atoms with Crippen LogP contribution in [0.2, 0.25) is 0 Å². The summed E-state index contributed by atoms with van der Waals surface area (Å²) in [5, 5.41) is -6.03. The molecule has 0 heterocycles. The molecule has 0 spiro atoms. The number of unbranched alkanes of at least 4 members (excludes halogenated alkanes) is 20. The maximum atomic E-state index is 15.5. The average Bonchev–Trinajstić information content (AvgIpc) is 3.07. The van der Waals surface area contributed by atoms with Crippen LogP contribution < -0.4 is 0 Å². The minimum atomic E-state index is -7.10. The molecule has 0 aliphatic rings. The standard InChI is InChI=1S/C37H69F10O4PS/c1-5-9-13-17-18-19-20-21-22-23-24-28-32-52(29-25-14-10-6-2,30-26-15-11-7-3,31-27-16-12-8-4)51-53(48,49)34(39,40)33(38)50-37(46,47)35(41,42)36(43,44)45/h33H,5-32H2,1-4H3. The van der Waals surface area contributed by atoms with E-state index < -0.39 is 46.8 Å². The summed E-state index contributed by atoms with van der Waals surface area (Å²) < 4.78 is 174. The van der Waals surface area contributed by atoms with Crippen LogP contribution in [0.5, 0.6) is 0 Å². The van der Waals surface area contributed by atoms with Gasteiger partial charge in [0.25, 0.3) is 0 Å². The summed E-state index contributed by atoms with van der Waals surface area (Å²) in [6.45, 7) is 3.67. The van der Waals surface area contributed by atoms with Gasteiger partial charge in [-0.25, -0.2) is 0 Å². The third-order valence-corrected chi connectivity index (χ3v) is 19.3. The first-order valence-corrected chi connectivity index (χ1v) is 24.4. The van der Waals surface area contributed by atoms with E-state index in [9.17, 15) is 43.5 Å². The van der Waals surface area contributed by atoms with E-state index in [0.717, 1.165) is 70.6 Å². The van der Waals surface area contributed by atoms with E-state index in [1.165, 1.54) is 32.1 Å². The Morgan fingerprint density at radius 2 is 0.736 bits per heavy atom. The summed E-state index contributed by atoms with van der Waals surface area (Å²) in [6.07, 6.45) is 1.12. The van der Waals surface area contributed by atoms with E-state index in [0.29, 0.717) is 51.4 Å². The molecule has 0 aromatic carbocycles. The Balaban J connectivity index is 6.60. The molecule has 0 radical (unpaired) electrons. The van der Waals surface area contributed by atoms with Gasteiger partial charge >= 0.3 is 301 Å². The Hall–Kier alpha value is -0.400. The van der Waals surface area contributed by atoms with Crippen molar-refractivity contribution in [1.82, 2.24) is 0 Å². The second kappa shape index (κ2) is 25.1. The Kier molecular flexibility index (Phi) is 24.9. The normalized spacial score (nSPS) is 15.1. The van der Waals surface area contributed by atoms with Crippen molar-refractivity contribution in [3.8, 4) is 0 Å². The van der Waals surface area contributed by atoms with Gasteiger partial charge in [-0.1, -0.05) is 13.3 Å². The second-order valence-corrected chi connectivity index (χ2v) is 22.5. The van der Waals surface area contributed by atoms with Crippen molar-refractivity contribution >= 4 is 16.9 Å². The molecular formula is C37H69F10O4PS. The Morgan fingerprint density at radius 3 is 1.02 bits per heavy atom. The molecule has 0 aliphatic heterocycles. The van der Waals surface area contributed by atoms with Gasteiger partial charge in [0.05, 0.1) is 0 Å². The van der Waals surface area contributed by atoms with Crippen LogP contribution in [0.25, 0.3) is 0 Å². The molecule has 16 heteroatoms. The van der Waals surface area contributed by atoms with Gasteiger partial charge in [-0.15, -0.1) is 0 Å². The third kappa shape index (κ3) is 17.7. The topological polar surface area (TPSA) is 52.6 Å². The van der Waals surface area contributed by atoms with E-state index >= 15 is 8.78 Å². The first-order valence-electron chi connectivity index (χ1n) is 20.1. The molecular weight excluding hydrogens is 761 g/mol. The minimum absolute atomic E-state index is 0.0945. The van der Waals surface area contributed by atoms with Gasteiger partial charge in [0, 0.05) is 0 Å². The summed E-state index contributed by atoms with van der Waals surface area (Å²) in [6, 6.07) is 0. The van der Waals surface area contributed by atoms with Crippen LogP contribution in [0.1, 0.15) is 182 Å². The number of halogens is 10. The maximum absolute atomic E-state index is 15.5. The van der Waals surface area contributed by atoms with Crippen LogP contribution in [-0.4, -0.2) is 62.9 Å². The van der Waals surface area contributed by atoms with E-state index in [1.54, 1.807) is 0 Å². The first kappa shape index (κ1) is 52.6. The first-order chi connectivity index (χ1) is 24.6. The zero-order chi connectivity index (χ0) is 40.7. The van der Waals surface area contributed by atoms with Crippen molar-refractivity contribution in [2.75, 3.05) is 24.6 Å². The molecule has 0 aromatic heterocycles. The van der Waals surface area contributed by atoms with Gasteiger partial charge < -0.3 is 0 Å². The zero-order valence-corrected chi connectivity index (χ0v) is 34.4. The van der Waals surface area contributed by atoms with E-state index in [1.807, 2.05) is 20.8 Å². The van der Waals surface area contributed by atoms with Gasteiger partial charge in [0.15, 0.2) is 0 Å². The van der Waals surface area contributed by atoms with Crippen LogP contribution in [0.4, 0.5) is 43.9 Å². The van der Waals surface area contributed by atoms with Crippen LogP contribution >= 0.6 is 6.83 Å². The fourth-order valence-corrected chi connectivity index (χ4v) is 16.4. The van der Waals surface area contributed by atoms with Crippen LogP contribution in [0.3, 0.4) is 0 Å². The van der Waals surface area contributed by atoms with Gasteiger partial charge in [-0.3, -0.25) is 0 Å². The molecule has 0 N–H and O–H groups in total. The van der Waals surface area contributed by atoms with Crippen molar-refractivity contribution in [3.05, 3.63) is 0 Å². The summed E-state index contributed by atoms with van der Waals surface area (Å²) in [7, 11) is -6.56. The molecule has 4 nitrogen and oxygen atoms in total. The van der Waals surface area contributed by atoms with Crippen molar-refractivity contribution in [2.24, 2.45) is 0 Å². The zero-order valence-electron chi connectivity index (χ0n) is 32.6. The molecule has 0 bridgehead atoms. The third-order valence-electron chi connectivity index (χ3n) is 10.2. The quantitative estimate of drug-likeness (QED) is 0.0363. The van der Waals surface area contributed by atoms with Crippen LogP contribution in [0.15, 0.2) is 0 Å². The fraction of sp³-hybridized carbons (Fsp3) is 1.00. The molecule has 1 unspecified atom stereocenters. The van der Waals surface area contributed by atoms with Gasteiger partial charge in [0.2, 0.25) is 0 Å². The van der Waals surface area contributed by atoms with Crippen molar-refractivity contribution < 1.29 is 61.0 Å². The van der Waals surface area contributed by atoms with E-state index in [-0.39, 0.29) is 24.6 Å². The number of hydrogen-bond donors (Lipinski definition) is 0. The summed E-state index contributed by atoms with van der Waals surface area (Å²) in [5.74, 6) is -7.10. The number of ether oxygens (including phenoxy) is 1. The number of alkyl halides is 10. The monoisotopic (exact) mass is 830 g/mol. The van der Waals surface area contributed by atoms with Crippen LogP contribution in [-0.2, 0) is 18.8 Å². The Morgan fingerprint density at radius 1 is 0.472 bits per heavy atom. The fourth-order valence-electron chi connectivity index (χ4n) is 6.87. The summed E-state index contributed by atoms with van der Waals surface area (Å²) in [5.41, 5.74) is 0. The van der Waals surface area contributed by atoms with Crippen LogP contribution in [0, 0.1) is 0 Å². The molecule has 0 saturated carbocycles. The molecule has 0 aliphatic carbocycles. The summed E-state index contributed by atoms with van der Waals surface area (Å²) >= 11 is 0. The number of rotatable bonds is 35. The van der Waals surface area contributed by atoms with Gasteiger partial charge in [0.1, 0.15) is 0 Å². The second-order valence-electron chi connectivity index (χ2n) is 14.9. The Bertz CT molecular complexity index is 1030. The van der Waals surface area contributed by atoms with Crippen molar-refractivity contribution in [2.45, 2.75) is 212 Å². The van der Waals surface area contributed by atoms with Crippen molar-refractivity contribution in [3.63, 3.8) is 0 Å². The number of hydrogen-bond acceptors (Lipinski definition) is 4. The SMILES string of the molecule is CCCCCCCCCCCCCCP(CCCCCC)(CCCCCC)(CCCCCC)OS(=O)(=O)C(F)(F)C(F)OC(F)(F)C(F)(F)C(F)(F)F. The summed E-state index contributed by atoms with van der Waals surface area (Å²) in [4.78, 5) is 0. The molecule has 53 heavy (non-hydrogen) atoms. The van der Waals surface area contributed by atoms with E-state index in [4.69, 9.17) is 3.97 Å². The van der Waals surface area contributed by atoms with Gasteiger partial charge in [-0.05, 0) is 0 Å². The van der Waals surface area contributed by atoms with Gasteiger partial charge in [-0.2, -0.15) is 0 Å².